The maximum absolute atomic E-state index is 12.6. The van der Waals surface area contributed by atoms with E-state index in [2.05, 4.69) is 4.74 Å². The summed E-state index contributed by atoms with van der Waals surface area (Å²) in [5.41, 5.74) is 0. The van der Waals surface area contributed by atoms with Gasteiger partial charge in [0.2, 0.25) is 0 Å². The quantitative estimate of drug-likeness (QED) is 0.569. The Hall–Kier alpha value is -0.500. The highest BCUT2D eigenvalue weighted by Crippen LogP contribution is 2.36. The first-order valence-corrected chi connectivity index (χ1v) is 3.04. The normalized spacial score (nSPS) is 18.5. The number of hydrogen-bond donors (Lipinski definition) is 1. The number of halogens is 6. The largest absolute Gasteiger partial charge is 0.525 e. The standard InChI is InChI=1S/C5H7F6NO/c1-3(6,4(7,8)12-2)13-5(9,10)11/h12H,1-2H3. The molecule has 0 fully saturated rings. The van der Waals surface area contributed by atoms with Crippen molar-refractivity contribution in [2.45, 2.75) is 25.2 Å². The first-order chi connectivity index (χ1) is 5.52. The summed E-state index contributed by atoms with van der Waals surface area (Å²) in [5, 5.41) is 1.07. The first-order valence-electron chi connectivity index (χ1n) is 3.04. The first kappa shape index (κ1) is 12.5. The van der Waals surface area contributed by atoms with Crippen molar-refractivity contribution < 1.29 is 31.1 Å². The molecule has 0 amide bonds. The summed E-state index contributed by atoms with van der Waals surface area (Å²) in [4.78, 5) is 0. The molecule has 80 valence electrons. The second-order valence-electron chi connectivity index (χ2n) is 2.29. The molecular formula is C5H7F6NO. The lowest BCUT2D eigenvalue weighted by molar-refractivity contribution is -0.426. The number of alkyl halides is 6. The Morgan fingerprint density at radius 1 is 1.00 bits per heavy atom. The van der Waals surface area contributed by atoms with Crippen LogP contribution in [0, 0.1) is 0 Å². The van der Waals surface area contributed by atoms with E-state index in [1.165, 1.54) is 0 Å². The number of hydrogen-bond acceptors (Lipinski definition) is 2. The molecule has 1 atom stereocenters. The zero-order chi connectivity index (χ0) is 10.9. The van der Waals surface area contributed by atoms with Gasteiger partial charge in [-0.2, -0.15) is 8.78 Å². The summed E-state index contributed by atoms with van der Waals surface area (Å²) in [6, 6.07) is -4.41. The molecule has 1 unspecified atom stereocenters. The van der Waals surface area contributed by atoms with E-state index < -0.39 is 18.3 Å². The van der Waals surface area contributed by atoms with E-state index in [1.54, 1.807) is 0 Å². The average Bonchev–Trinajstić information content (AvgIpc) is 1.81. The number of rotatable bonds is 3. The fourth-order valence-electron chi connectivity index (χ4n) is 0.505. The Morgan fingerprint density at radius 2 is 1.38 bits per heavy atom. The molecule has 0 spiro atoms. The molecule has 2 nitrogen and oxygen atoms in total. The SMILES string of the molecule is CNC(F)(F)C(C)(F)OC(F)(F)F. The third-order valence-corrected chi connectivity index (χ3v) is 1.18. The van der Waals surface area contributed by atoms with Crippen LogP contribution in [0.5, 0.6) is 0 Å². The van der Waals surface area contributed by atoms with Crippen LogP contribution in [-0.4, -0.2) is 25.3 Å². The third-order valence-electron chi connectivity index (χ3n) is 1.18. The van der Waals surface area contributed by atoms with Crippen LogP contribution in [0.4, 0.5) is 26.3 Å². The minimum absolute atomic E-state index is 0.0169. The highest BCUT2D eigenvalue weighted by molar-refractivity contribution is 4.78. The monoisotopic (exact) mass is 211 g/mol. The lowest BCUT2D eigenvalue weighted by atomic mass is 10.3. The van der Waals surface area contributed by atoms with Crippen LogP contribution >= 0.6 is 0 Å². The minimum atomic E-state index is -5.45. The fourth-order valence-corrected chi connectivity index (χ4v) is 0.505. The van der Waals surface area contributed by atoms with E-state index in [0.29, 0.717) is 7.05 Å². The van der Waals surface area contributed by atoms with E-state index in [9.17, 15) is 26.3 Å². The van der Waals surface area contributed by atoms with Gasteiger partial charge >= 0.3 is 12.4 Å². The maximum atomic E-state index is 12.6. The van der Waals surface area contributed by atoms with Crippen LogP contribution in [-0.2, 0) is 4.74 Å². The average molecular weight is 211 g/mol. The van der Waals surface area contributed by atoms with Crippen LogP contribution in [0.3, 0.4) is 0 Å². The van der Waals surface area contributed by atoms with E-state index in [-0.39, 0.29) is 6.92 Å². The Labute approximate surface area is 69.9 Å². The lowest BCUT2D eigenvalue weighted by Gasteiger charge is -2.29. The van der Waals surface area contributed by atoms with E-state index in [4.69, 9.17) is 0 Å². The Balaban J connectivity index is 4.58. The molecule has 0 aliphatic rings. The zero-order valence-electron chi connectivity index (χ0n) is 6.68. The fraction of sp³-hybridized carbons (Fsp3) is 1.00. The van der Waals surface area contributed by atoms with Gasteiger partial charge < -0.3 is 0 Å². The van der Waals surface area contributed by atoms with Gasteiger partial charge in [-0.25, -0.2) is 9.13 Å². The Bertz CT molecular complexity index is 176. The molecule has 13 heavy (non-hydrogen) atoms. The van der Waals surface area contributed by atoms with Gasteiger partial charge in [-0.05, 0) is 7.05 Å². The van der Waals surface area contributed by atoms with Gasteiger partial charge in [0.25, 0.3) is 5.85 Å². The van der Waals surface area contributed by atoms with Crippen molar-refractivity contribution in [1.82, 2.24) is 5.32 Å². The summed E-state index contributed by atoms with van der Waals surface area (Å²) < 4.78 is 74.1. The number of ether oxygens (including phenoxy) is 1. The van der Waals surface area contributed by atoms with Crippen molar-refractivity contribution >= 4 is 0 Å². The Kier molecular flexibility index (Phi) is 3.21. The lowest BCUT2D eigenvalue weighted by Crippen LogP contribution is -2.54. The molecule has 8 heteroatoms. The van der Waals surface area contributed by atoms with Gasteiger partial charge in [-0.1, -0.05) is 0 Å². The molecule has 0 rings (SSSR count). The van der Waals surface area contributed by atoms with Gasteiger partial charge in [-0.3, -0.25) is 5.32 Å². The molecule has 0 aliphatic heterocycles. The van der Waals surface area contributed by atoms with E-state index in [0.717, 1.165) is 5.32 Å². The topological polar surface area (TPSA) is 21.3 Å². The van der Waals surface area contributed by atoms with Crippen molar-refractivity contribution in [2.75, 3.05) is 7.05 Å². The summed E-state index contributed by atoms with van der Waals surface area (Å²) in [6.45, 7) is -0.0169. The molecule has 0 aromatic heterocycles. The van der Waals surface area contributed by atoms with Gasteiger partial charge in [0.15, 0.2) is 0 Å². The second kappa shape index (κ2) is 3.33. The molecule has 0 aromatic carbocycles. The third kappa shape index (κ3) is 3.39. The maximum Gasteiger partial charge on any atom is 0.525 e. The zero-order valence-corrected chi connectivity index (χ0v) is 6.68. The minimum Gasteiger partial charge on any atom is -0.256 e. The molecular weight excluding hydrogens is 204 g/mol. The molecule has 1 N–H and O–H groups in total. The van der Waals surface area contributed by atoms with Crippen molar-refractivity contribution in [1.29, 1.82) is 0 Å². The van der Waals surface area contributed by atoms with E-state index in [1.807, 2.05) is 0 Å². The molecule has 0 aliphatic carbocycles. The predicted octanol–water partition coefficient (Wildman–Crippen LogP) is 2.02. The molecule has 0 saturated heterocycles. The van der Waals surface area contributed by atoms with Crippen LogP contribution in [0.2, 0.25) is 0 Å². The summed E-state index contributed by atoms with van der Waals surface area (Å²) in [7, 11) is 0.609. The highest BCUT2D eigenvalue weighted by Gasteiger charge is 2.57. The van der Waals surface area contributed by atoms with Crippen molar-refractivity contribution in [3.05, 3.63) is 0 Å². The summed E-state index contributed by atoms with van der Waals surface area (Å²) in [5.74, 6) is -4.14. The van der Waals surface area contributed by atoms with Crippen molar-refractivity contribution in [2.24, 2.45) is 0 Å². The smallest absolute Gasteiger partial charge is 0.256 e. The van der Waals surface area contributed by atoms with Crippen LogP contribution in [0.25, 0.3) is 0 Å². The number of likely N-dealkylation sites (N-methyl/N-ethyl adjacent to an activating group) is 1. The van der Waals surface area contributed by atoms with Gasteiger partial charge in [0, 0.05) is 6.92 Å². The Morgan fingerprint density at radius 3 is 1.62 bits per heavy atom. The summed E-state index contributed by atoms with van der Waals surface area (Å²) in [6.07, 6.45) is -5.45. The van der Waals surface area contributed by atoms with Gasteiger partial charge in [0.1, 0.15) is 0 Å². The molecule has 0 bridgehead atoms. The molecule has 0 saturated carbocycles. The van der Waals surface area contributed by atoms with Crippen LogP contribution < -0.4 is 5.32 Å². The molecule has 0 radical (unpaired) electrons. The van der Waals surface area contributed by atoms with Crippen molar-refractivity contribution in [3.63, 3.8) is 0 Å². The predicted molar refractivity (Wildman–Crippen MR) is 30.7 cm³/mol. The molecule has 0 aromatic rings. The van der Waals surface area contributed by atoms with Crippen LogP contribution in [0.15, 0.2) is 0 Å². The highest BCUT2D eigenvalue weighted by atomic mass is 19.4. The molecule has 0 heterocycles. The number of nitrogens with one attached hydrogen (secondary N) is 1. The second-order valence-corrected chi connectivity index (χ2v) is 2.29. The van der Waals surface area contributed by atoms with E-state index >= 15 is 0 Å². The van der Waals surface area contributed by atoms with Crippen molar-refractivity contribution in [3.8, 4) is 0 Å². The van der Waals surface area contributed by atoms with Gasteiger partial charge in [0.05, 0.1) is 0 Å². The summed E-state index contributed by atoms with van der Waals surface area (Å²) >= 11 is 0. The van der Waals surface area contributed by atoms with Crippen LogP contribution in [0.1, 0.15) is 6.92 Å². The van der Waals surface area contributed by atoms with Gasteiger partial charge in [-0.15, -0.1) is 13.2 Å².